The predicted octanol–water partition coefficient (Wildman–Crippen LogP) is 6.51. The number of benzene rings is 2. The number of rotatable bonds is 5. The first kappa shape index (κ1) is 19.0. The van der Waals surface area contributed by atoms with Crippen LogP contribution >= 0.6 is 23.1 Å². The standard InChI is InChI=1S/C24H19N3OS2/c1-14-15(2)29-23-20(14)24(27-13-26-23)30-22(16-8-4-3-5-9-16)21(28)18-12-25-19-11-7-6-10-17(18)19/h3-13,22,25H,1-2H3/t22-/m0/s1. The lowest BCUT2D eigenvalue weighted by atomic mass is 10.0. The van der Waals surface area contributed by atoms with Gasteiger partial charge in [-0.05, 0) is 31.0 Å². The van der Waals surface area contributed by atoms with Crippen LogP contribution in [0.2, 0.25) is 0 Å². The first-order chi connectivity index (χ1) is 14.6. The van der Waals surface area contributed by atoms with E-state index in [9.17, 15) is 4.79 Å². The molecule has 0 aliphatic heterocycles. The summed E-state index contributed by atoms with van der Waals surface area (Å²) in [7, 11) is 0. The third-order valence-corrected chi connectivity index (χ3v) is 7.73. The van der Waals surface area contributed by atoms with Crippen molar-refractivity contribution in [3.05, 3.63) is 88.7 Å². The van der Waals surface area contributed by atoms with Gasteiger partial charge in [0, 0.05) is 32.9 Å². The maximum absolute atomic E-state index is 13.8. The lowest BCUT2D eigenvalue weighted by molar-refractivity contribution is 0.0991. The number of nitrogens with one attached hydrogen (secondary N) is 1. The highest BCUT2D eigenvalue weighted by atomic mass is 32.2. The van der Waals surface area contributed by atoms with Crippen molar-refractivity contribution in [1.82, 2.24) is 15.0 Å². The van der Waals surface area contributed by atoms with Crippen LogP contribution in [0.15, 0.2) is 72.1 Å². The number of carbonyl (C=O) groups excluding carboxylic acids is 1. The number of carbonyl (C=O) groups is 1. The second kappa shape index (κ2) is 7.70. The Hall–Kier alpha value is -2.96. The number of H-pyrrole nitrogens is 1. The van der Waals surface area contributed by atoms with Crippen molar-refractivity contribution in [2.24, 2.45) is 0 Å². The predicted molar refractivity (Wildman–Crippen MR) is 125 cm³/mol. The lowest BCUT2D eigenvalue weighted by Gasteiger charge is -2.16. The van der Waals surface area contributed by atoms with Gasteiger partial charge < -0.3 is 4.98 Å². The normalized spacial score (nSPS) is 12.5. The topological polar surface area (TPSA) is 58.6 Å². The van der Waals surface area contributed by atoms with Crippen molar-refractivity contribution in [2.75, 3.05) is 0 Å². The van der Waals surface area contributed by atoms with E-state index in [-0.39, 0.29) is 5.78 Å². The molecule has 0 radical (unpaired) electrons. The van der Waals surface area contributed by atoms with Crippen molar-refractivity contribution in [1.29, 1.82) is 0 Å². The van der Waals surface area contributed by atoms with E-state index in [2.05, 4.69) is 28.8 Å². The quantitative estimate of drug-likeness (QED) is 0.197. The lowest BCUT2D eigenvalue weighted by Crippen LogP contribution is -2.10. The molecular weight excluding hydrogens is 410 g/mol. The molecule has 1 atom stereocenters. The molecule has 4 nitrogen and oxygen atoms in total. The number of aromatic nitrogens is 3. The monoisotopic (exact) mass is 429 g/mol. The third-order valence-electron chi connectivity index (χ3n) is 5.36. The Morgan fingerprint density at radius 3 is 2.63 bits per heavy atom. The summed E-state index contributed by atoms with van der Waals surface area (Å²) in [5.41, 5.74) is 3.82. The summed E-state index contributed by atoms with van der Waals surface area (Å²) in [4.78, 5) is 28.2. The second-order valence-corrected chi connectivity index (χ2v) is 9.46. The van der Waals surface area contributed by atoms with E-state index in [0.717, 1.165) is 31.7 Å². The summed E-state index contributed by atoms with van der Waals surface area (Å²) in [6.45, 7) is 4.20. The zero-order valence-electron chi connectivity index (χ0n) is 16.5. The van der Waals surface area contributed by atoms with E-state index in [1.54, 1.807) is 17.7 Å². The molecular formula is C24H19N3OS2. The highest BCUT2D eigenvalue weighted by Crippen LogP contribution is 2.42. The molecule has 30 heavy (non-hydrogen) atoms. The second-order valence-electron chi connectivity index (χ2n) is 7.16. The first-order valence-corrected chi connectivity index (χ1v) is 11.4. The van der Waals surface area contributed by atoms with E-state index < -0.39 is 5.25 Å². The number of aryl methyl sites for hydroxylation is 2. The van der Waals surface area contributed by atoms with Crippen LogP contribution in [0.4, 0.5) is 0 Å². The van der Waals surface area contributed by atoms with E-state index in [4.69, 9.17) is 0 Å². The van der Waals surface area contributed by atoms with Gasteiger partial charge in [0.15, 0.2) is 5.78 Å². The van der Waals surface area contributed by atoms with Gasteiger partial charge >= 0.3 is 0 Å². The molecule has 0 amide bonds. The Labute approximate surface area is 182 Å². The van der Waals surface area contributed by atoms with Gasteiger partial charge in [0.25, 0.3) is 0 Å². The molecule has 0 spiro atoms. The Kier molecular flexibility index (Phi) is 4.89. The van der Waals surface area contributed by atoms with Crippen LogP contribution < -0.4 is 0 Å². The van der Waals surface area contributed by atoms with Crippen LogP contribution in [0.3, 0.4) is 0 Å². The summed E-state index contributed by atoms with van der Waals surface area (Å²) in [5, 5.41) is 2.45. The number of Topliss-reactive ketones (excluding diaryl/α,β-unsaturated/α-hetero) is 1. The van der Waals surface area contributed by atoms with E-state index in [1.165, 1.54) is 22.2 Å². The highest BCUT2D eigenvalue weighted by Gasteiger charge is 2.27. The minimum atomic E-state index is -0.400. The molecule has 3 aromatic heterocycles. The summed E-state index contributed by atoms with van der Waals surface area (Å²) in [5.74, 6) is 0.0695. The first-order valence-electron chi connectivity index (χ1n) is 9.66. The molecule has 2 aromatic carbocycles. The molecule has 0 saturated carbocycles. The van der Waals surface area contributed by atoms with Crippen LogP contribution in [0, 0.1) is 13.8 Å². The minimum absolute atomic E-state index is 0.0695. The van der Waals surface area contributed by atoms with Gasteiger partial charge in [-0.1, -0.05) is 60.3 Å². The van der Waals surface area contributed by atoms with Crippen molar-refractivity contribution in [3.63, 3.8) is 0 Å². The smallest absolute Gasteiger partial charge is 0.182 e. The summed E-state index contributed by atoms with van der Waals surface area (Å²) < 4.78 is 0. The minimum Gasteiger partial charge on any atom is -0.360 e. The Morgan fingerprint density at radius 2 is 1.80 bits per heavy atom. The molecule has 6 heteroatoms. The molecule has 148 valence electrons. The molecule has 0 aliphatic rings. The Balaban J connectivity index is 1.63. The molecule has 0 aliphatic carbocycles. The van der Waals surface area contributed by atoms with Crippen molar-refractivity contribution in [2.45, 2.75) is 24.1 Å². The summed E-state index contributed by atoms with van der Waals surface area (Å²) >= 11 is 3.18. The Morgan fingerprint density at radius 1 is 1.03 bits per heavy atom. The van der Waals surface area contributed by atoms with Gasteiger partial charge in [0.1, 0.15) is 16.2 Å². The molecule has 5 rings (SSSR count). The van der Waals surface area contributed by atoms with Crippen molar-refractivity contribution >= 4 is 50.0 Å². The average molecular weight is 430 g/mol. The van der Waals surface area contributed by atoms with Crippen LogP contribution in [0.5, 0.6) is 0 Å². The van der Waals surface area contributed by atoms with Gasteiger partial charge in [-0.3, -0.25) is 4.79 Å². The fourth-order valence-electron chi connectivity index (χ4n) is 3.67. The summed E-state index contributed by atoms with van der Waals surface area (Å²) in [6, 6.07) is 17.8. The number of thiophene rings is 1. The van der Waals surface area contributed by atoms with Crippen LogP contribution in [0.1, 0.15) is 31.6 Å². The number of ketones is 1. The molecule has 5 aromatic rings. The summed E-state index contributed by atoms with van der Waals surface area (Å²) in [6.07, 6.45) is 3.41. The number of hydrogen-bond donors (Lipinski definition) is 1. The molecule has 1 N–H and O–H groups in total. The van der Waals surface area contributed by atoms with E-state index >= 15 is 0 Å². The van der Waals surface area contributed by atoms with Crippen LogP contribution in [0.25, 0.3) is 21.1 Å². The van der Waals surface area contributed by atoms with Gasteiger partial charge in [0.05, 0.1) is 5.25 Å². The maximum Gasteiger partial charge on any atom is 0.182 e. The SMILES string of the molecule is Cc1sc2ncnc(S[C@H](C(=O)c3c[nH]c4ccccc34)c3ccccc3)c2c1C. The molecule has 3 heterocycles. The number of thioether (sulfide) groups is 1. The fourth-order valence-corrected chi connectivity index (χ4v) is 5.96. The van der Waals surface area contributed by atoms with E-state index in [0.29, 0.717) is 5.56 Å². The number of aromatic amines is 1. The van der Waals surface area contributed by atoms with E-state index in [1.807, 2.05) is 60.8 Å². The number of nitrogens with zero attached hydrogens (tertiary/aromatic N) is 2. The number of hydrogen-bond acceptors (Lipinski definition) is 5. The number of para-hydroxylation sites is 1. The maximum atomic E-state index is 13.8. The van der Waals surface area contributed by atoms with Crippen LogP contribution in [-0.2, 0) is 0 Å². The van der Waals surface area contributed by atoms with Crippen LogP contribution in [-0.4, -0.2) is 20.7 Å². The largest absolute Gasteiger partial charge is 0.360 e. The Bertz CT molecular complexity index is 1370. The number of fused-ring (bicyclic) bond motifs is 2. The highest BCUT2D eigenvalue weighted by molar-refractivity contribution is 8.00. The van der Waals surface area contributed by atoms with Gasteiger partial charge in [0.2, 0.25) is 0 Å². The molecule has 0 saturated heterocycles. The molecule has 0 bridgehead atoms. The van der Waals surface area contributed by atoms with Gasteiger partial charge in [-0.2, -0.15) is 0 Å². The van der Waals surface area contributed by atoms with Crippen molar-refractivity contribution in [3.8, 4) is 0 Å². The zero-order chi connectivity index (χ0) is 20.7. The molecule has 0 unspecified atom stereocenters. The molecule has 0 fully saturated rings. The van der Waals surface area contributed by atoms with Gasteiger partial charge in [-0.25, -0.2) is 9.97 Å². The van der Waals surface area contributed by atoms with Gasteiger partial charge in [-0.15, -0.1) is 11.3 Å². The average Bonchev–Trinajstić information content (AvgIpc) is 3.33. The zero-order valence-corrected chi connectivity index (χ0v) is 18.2. The van der Waals surface area contributed by atoms with Crippen molar-refractivity contribution < 1.29 is 4.79 Å². The third kappa shape index (κ3) is 3.22. The fraction of sp³-hybridized carbons (Fsp3) is 0.125.